The lowest BCUT2D eigenvalue weighted by Gasteiger charge is -2.30. The summed E-state index contributed by atoms with van der Waals surface area (Å²) in [4.78, 5) is 12.5. The van der Waals surface area contributed by atoms with Crippen LogP contribution in [0.15, 0.2) is 42.5 Å². The first-order chi connectivity index (χ1) is 10.8. The molecule has 0 bridgehead atoms. The van der Waals surface area contributed by atoms with Crippen molar-refractivity contribution in [2.45, 2.75) is 38.1 Å². The number of hydrogen-bond acceptors (Lipinski definition) is 2. The number of carbonyl (C=O) groups is 1. The van der Waals surface area contributed by atoms with Crippen LogP contribution in [0.25, 0.3) is 10.8 Å². The first kappa shape index (κ1) is 17.8. The van der Waals surface area contributed by atoms with Crippen LogP contribution in [0.5, 0.6) is 0 Å². The van der Waals surface area contributed by atoms with Gasteiger partial charge in [0, 0.05) is 18.2 Å². The van der Waals surface area contributed by atoms with Crippen molar-refractivity contribution in [2.24, 2.45) is 11.7 Å². The predicted molar refractivity (Wildman–Crippen MR) is 98.1 cm³/mol. The number of nitrogens with two attached hydrogens (primary N) is 1. The predicted octanol–water partition coefficient (Wildman–Crippen LogP) is 3.90. The molecule has 23 heavy (non-hydrogen) atoms. The highest BCUT2D eigenvalue weighted by Crippen LogP contribution is 2.26. The van der Waals surface area contributed by atoms with Gasteiger partial charge in [0.05, 0.1) is 0 Å². The molecule has 124 valence electrons. The van der Waals surface area contributed by atoms with Crippen LogP contribution in [-0.2, 0) is 0 Å². The minimum atomic E-state index is -0.00761. The van der Waals surface area contributed by atoms with Gasteiger partial charge in [0.2, 0.25) is 0 Å². The third kappa shape index (κ3) is 4.24. The number of amides is 1. The van der Waals surface area contributed by atoms with Gasteiger partial charge in [-0.3, -0.25) is 4.79 Å². The number of carbonyl (C=O) groups excluding carboxylic acids is 1. The minimum absolute atomic E-state index is 0. The average Bonchev–Trinajstić information content (AvgIpc) is 2.59. The van der Waals surface area contributed by atoms with Crippen molar-refractivity contribution in [1.29, 1.82) is 0 Å². The molecule has 0 aliphatic heterocycles. The molecule has 0 saturated heterocycles. The van der Waals surface area contributed by atoms with Crippen LogP contribution in [0.1, 0.15) is 42.5 Å². The van der Waals surface area contributed by atoms with Crippen molar-refractivity contribution in [3.8, 4) is 0 Å². The Morgan fingerprint density at radius 2 is 1.78 bits per heavy atom. The van der Waals surface area contributed by atoms with Gasteiger partial charge in [-0.05, 0) is 41.7 Å². The summed E-state index contributed by atoms with van der Waals surface area (Å²) in [7, 11) is 0. The Labute approximate surface area is 144 Å². The van der Waals surface area contributed by atoms with Gasteiger partial charge < -0.3 is 11.1 Å². The monoisotopic (exact) mass is 332 g/mol. The third-order valence-electron chi connectivity index (χ3n) is 4.80. The Kier molecular flexibility index (Phi) is 6.43. The van der Waals surface area contributed by atoms with Crippen molar-refractivity contribution >= 4 is 29.1 Å². The highest BCUT2D eigenvalue weighted by molar-refractivity contribution is 5.98. The first-order valence-corrected chi connectivity index (χ1v) is 8.27. The molecule has 4 heteroatoms. The number of halogens is 1. The SMILES string of the molecule is Cl.NCC(NC(=O)c1ccc2ccccc2c1)C1CCCCC1. The second-order valence-electron chi connectivity index (χ2n) is 6.28. The van der Waals surface area contributed by atoms with Gasteiger partial charge in [0.1, 0.15) is 0 Å². The van der Waals surface area contributed by atoms with E-state index < -0.39 is 0 Å². The lowest BCUT2D eigenvalue weighted by Crippen LogP contribution is -2.45. The molecule has 1 aliphatic carbocycles. The van der Waals surface area contributed by atoms with E-state index in [1.54, 1.807) is 0 Å². The molecule has 0 spiro atoms. The molecule has 0 heterocycles. The molecular weight excluding hydrogens is 308 g/mol. The Hall–Kier alpha value is -1.58. The average molecular weight is 333 g/mol. The zero-order valence-electron chi connectivity index (χ0n) is 13.3. The molecule has 2 aromatic rings. The highest BCUT2D eigenvalue weighted by Gasteiger charge is 2.24. The maximum atomic E-state index is 12.5. The molecule has 1 unspecified atom stereocenters. The summed E-state index contributed by atoms with van der Waals surface area (Å²) in [6.45, 7) is 0.518. The number of hydrogen-bond donors (Lipinski definition) is 2. The van der Waals surface area contributed by atoms with E-state index in [1.165, 1.54) is 32.1 Å². The quantitative estimate of drug-likeness (QED) is 0.892. The molecule has 3 rings (SSSR count). The van der Waals surface area contributed by atoms with Crippen LogP contribution in [0.3, 0.4) is 0 Å². The van der Waals surface area contributed by atoms with E-state index in [2.05, 4.69) is 11.4 Å². The van der Waals surface area contributed by atoms with Gasteiger partial charge in [0.25, 0.3) is 5.91 Å². The molecule has 3 nitrogen and oxygen atoms in total. The summed E-state index contributed by atoms with van der Waals surface area (Å²) in [5, 5.41) is 5.40. The standard InChI is InChI=1S/C19H24N2O.ClH/c20-13-18(15-7-2-1-3-8-15)21-19(22)17-11-10-14-6-4-5-9-16(14)12-17;/h4-6,9-12,15,18H,1-3,7-8,13,20H2,(H,21,22);1H. The van der Waals surface area contributed by atoms with E-state index in [9.17, 15) is 4.79 Å². The summed E-state index contributed by atoms with van der Waals surface area (Å²) < 4.78 is 0. The van der Waals surface area contributed by atoms with Gasteiger partial charge >= 0.3 is 0 Å². The van der Waals surface area contributed by atoms with E-state index in [0.717, 1.165) is 10.8 Å². The van der Waals surface area contributed by atoms with E-state index in [1.807, 2.05) is 36.4 Å². The largest absolute Gasteiger partial charge is 0.348 e. The lowest BCUT2D eigenvalue weighted by molar-refractivity contribution is 0.0915. The van der Waals surface area contributed by atoms with Crippen molar-refractivity contribution in [3.63, 3.8) is 0 Å². The molecule has 0 aromatic heterocycles. The molecule has 3 N–H and O–H groups in total. The summed E-state index contributed by atoms with van der Waals surface area (Å²) in [5.74, 6) is 0.523. The number of benzene rings is 2. The van der Waals surface area contributed by atoms with Crippen molar-refractivity contribution in [3.05, 3.63) is 48.0 Å². The van der Waals surface area contributed by atoms with E-state index >= 15 is 0 Å². The highest BCUT2D eigenvalue weighted by atomic mass is 35.5. The molecule has 1 fully saturated rings. The van der Waals surface area contributed by atoms with Gasteiger partial charge in [0.15, 0.2) is 0 Å². The maximum absolute atomic E-state index is 12.5. The molecule has 0 radical (unpaired) electrons. The Morgan fingerprint density at radius 3 is 2.48 bits per heavy atom. The normalized spacial score (nSPS) is 16.6. The van der Waals surface area contributed by atoms with Gasteiger partial charge in [-0.2, -0.15) is 0 Å². The summed E-state index contributed by atoms with van der Waals surface area (Å²) >= 11 is 0. The second kappa shape index (κ2) is 8.32. The van der Waals surface area contributed by atoms with Crippen LogP contribution >= 0.6 is 12.4 Å². The maximum Gasteiger partial charge on any atom is 0.251 e. The smallest absolute Gasteiger partial charge is 0.251 e. The van der Waals surface area contributed by atoms with Crippen LogP contribution in [0.4, 0.5) is 0 Å². The van der Waals surface area contributed by atoms with Crippen molar-refractivity contribution in [1.82, 2.24) is 5.32 Å². The molecule has 1 aliphatic rings. The topological polar surface area (TPSA) is 55.1 Å². The van der Waals surface area contributed by atoms with Crippen LogP contribution in [0.2, 0.25) is 0 Å². The Bertz CT molecular complexity index is 653. The fourth-order valence-corrected chi connectivity index (χ4v) is 3.49. The molecule has 1 saturated carbocycles. The van der Waals surface area contributed by atoms with Crippen LogP contribution < -0.4 is 11.1 Å². The van der Waals surface area contributed by atoms with Gasteiger partial charge in [-0.1, -0.05) is 49.6 Å². The third-order valence-corrected chi connectivity index (χ3v) is 4.80. The summed E-state index contributed by atoms with van der Waals surface area (Å²) in [5.41, 5.74) is 6.62. The van der Waals surface area contributed by atoms with Crippen molar-refractivity contribution in [2.75, 3.05) is 6.54 Å². The van der Waals surface area contributed by atoms with Crippen LogP contribution in [-0.4, -0.2) is 18.5 Å². The van der Waals surface area contributed by atoms with Crippen LogP contribution in [0, 0.1) is 5.92 Å². The number of rotatable bonds is 4. The summed E-state index contributed by atoms with van der Waals surface area (Å²) in [6, 6.07) is 14.0. The van der Waals surface area contributed by atoms with E-state index in [4.69, 9.17) is 5.73 Å². The first-order valence-electron chi connectivity index (χ1n) is 8.27. The lowest BCUT2D eigenvalue weighted by atomic mass is 9.84. The zero-order valence-corrected chi connectivity index (χ0v) is 14.1. The van der Waals surface area contributed by atoms with E-state index in [-0.39, 0.29) is 24.4 Å². The molecule has 2 aromatic carbocycles. The Morgan fingerprint density at radius 1 is 1.09 bits per heavy atom. The van der Waals surface area contributed by atoms with E-state index in [0.29, 0.717) is 18.0 Å². The molecule has 1 amide bonds. The van der Waals surface area contributed by atoms with Gasteiger partial charge in [-0.25, -0.2) is 0 Å². The summed E-state index contributed by atoms with van der Waals surface area (Å²) in [6.07, 6.45) is 6.19. The number of nitrogens with one attached hydrogen (secondary N) is 1. The number of fused-ring (bicyclic) bond motifs is 1. The van der Waals surface area contributed by atoms with Gasteiger partial charge in [-0.15, -0.1) is 12.4 Å². The fraction of sp³-hybridized carbons (Fsp3) is 0.421. The molecule has 1 atom stereocenters. The van der Waals surface area contributed by atoms with Crippen molar-refractivity contribution < 1.29 is 4.79 Å². The minimum Gasteiger partial charge on any atom is -0.348 e. The Balaban J connectivity index is 0.00000192. The molecular formula is C19H25ClN2O. The zero-order chi connectivity index (χ0) is 15.4. The second-order valence-corrected chi connectivity index (χ2v) is 6.28. The fourth-order valence-electron chi connectivity index (χ4n) is 3.49.